The number of aromatic nitrogens is 2. The fourth-order valence-electron chi connectivity index (χ4n) is 3.03. The summed E-state index contributed by atoms with van der Waals surface area (Å²) in [6.45, 7) is 7.71. The summed E-state index contributed by atoms with van der Waals surface area (Å²) in [6, 6.07) is 10.8. The highest BCUT2D eigenvalue weighted by atomic mass is 32.2. The summed E-state index contributed by atoms with van der Waals surface area (Å²) in [5.41, 5.74) is 2.56. The number of aliphatic imine (C=N–C) groups is 1. The molecule has 146 valence electrons. The zero-order valence-corrected chi connectivity index (χ0v) is 16.9. The van der Waals surface area contributed by atoms with E-state index in [1.165, 1.54) is 22.8 Å². The average molecular weight is 387 g/mol. The summed E-state index contributed by atoms with van der Waals surface area (Å²) in [5.74, 6) is 3.32. The maximum Gasteiger partial charge on any atom is 0.191 e. The normalized spacial score (nSPS) is 15.0. The Labute approximate surface area is 166 Å². The van der Waals surface area contributed by atoms with Gasteiger partial charge >= 0.3 is 0 Å². The number of guanidine groups is 1. The molecule has 1 saturated heterocycles. The third kappa shape index (κ3) is 6.50. The van der Waals surface area contributed by atoms with Crippen LogP contribution in [0.2, 0.25) is 0 Å². The first-order valence-electron chi connectivity index (χ1n) is 9.76. The average Bonchev–Trinajstić information content (AvgIpc) is 3.24. The molecule has 27 heavy (non-hydrogen) atoms. The molecule has 6 nitrogen and oxygen atoms in total. The van der Waals surface area contributed by atoms with Gasteiger partial charge in [0.15, 0.2) is 5.96 Å². The molecule has 2 aromatic rings. The van der Waals surface area contributed by atoms with Crippen molar-refractivity contribution in [3.05, 3.63) is 48.3 Å². The lowest BCUT2D eigenvalue weighted by Crippen LogP contribution is -2.38. The molecule has 0 saturated carbocycles. The van der Waals surface area contributed by atoms with Crippen LogP contribution in [-0.4, -0.2) is 53.4 Å². The Morgan fingerprint density at radius 1 is 1.19 bits per heavy atom. The number of hydrogen-bond donors (Lipinski definition) is 2. The molecule has 2 heterocycles. The molecule has 0 bridgehead atoms. The minimum atomic E-state index is 0.685. The van der Waals surface area contributed by atoms with Crippen molar-refractivity contribution in [1.82, 2.24) is 20.4 Å². The standard InChI is InChI=1S/C20H30N6S/c1-2-21-20(22-9-3-11-26-12-4-10-24-26)23-17-18-5-7-19(8-6-18)25-13-15-27-16-14-25/h4-8,10,12H,2-3,9,11,13-17H2,1H3,(H2,21,22,23). The van der Waals surface area contributed by atoms with Gasteiger partial charge in [0.25, 0.3) is 0 Å². The van der Waals surface area contributed by atoms with Crippen LogP contribution in [0.1, 0.15) is 18.9 Å². The van der Waals surface area contributed by atoms with Gasteiger partial charge in [0.05, 0.1) is 6.54 Å². The number of thioether (sulfide) groups is 1. The van der Waals surface area contributed by atoms with Crippen molar-refractivity contribution < 1.29 is 0 Å². The number of nitrogens with zero attached hydrogens (tertiary/aromatic N) is 4. The van der Waals surface area contributed by atoms with Crippen LogP contribution < -0.4 is 15.5 Å². The van der Waals surface area contributed by atoms with Crippen molar-refractivity contribution in [2.24, 2.45) is 4.99 Å². The molecule has 0 amide bonds. The minimum Gasteiger partial charge on any atom is -0.370 e. The Bertz CT molecular complexity index is 677. The fraction of sp³-hybridized carbons (Fsp3) is 0.500. The molecule has 1 aromatic heterocycles. The maximum atomic E-state index is 4.72. The quantitative estimate of drug-likeness (QED) is 0.415. The predicted octanol–water partition coefficient (Wildman–Crippen LogP) is 2.58. The van der Waals surface area contributed by atoms with Gasteiger partial charge in [0.1, 0.15) is 0 Å². The summed E-state index contributed by atoms with van der Waals surface area (Å²) in [7, 11) is 0. The van der Waals surface area contributed by atoms with Gasteiger partial charge in [-0.2, -0.15) is 16.9 Å². The predicted molar refractivity (Wildman–Crippen MR) is 116 cm³/mol. The smallest absolute Gasteiger partial charge is 0.191 e. The number of aryl methyl sites for hydroxylation is 1. The molecule has 1 aliphatic rings. The Balaban J connectivity index is 1.46. The van der Waals surface area contributed by atoms with Gasteiger partial charge in [-0.15, -0.1) is 0 Å². The molecule has 1 aliphatic heterocycles. The van der Waals surface area contributed by atoms with E-state index < -0.39 is 0 Å². The number of nitrogens with one attached hydrogen (secondary N) is 2. The second-order valence-electron chi connectivity index (χ2n) is 6.51. The largest absolute Gasteiger partial charge is 0.370 e. The molecule has 0 spiro atoms. The topological polar surface area (TPSA) is 57.5 Å². The van der Waals surface area contributed by atoms with Gasteiger partial charge < -0.3 is 15.5 Å². The first-order chi connectivity index (χ1) is 13.3. The van der Waals surface area contributed by atoms with E-state index in [4.69, 9.17) is 4.99 Å². The van der Waals surface area contributed by atoms with Gasteiger partial charge in [-0.3, -0.25) is 4.68 Å². The van der Waals surface area contributed by atoms with Crippen LogP contribution in [0.15, 0.2) is 47.7 Å². The minimum absolute atomic E-state index is 0.685. The number of rotatable bonds is 8. The van der Waals surface area contributed by atoms with Crippen LogP contribution >= 0.6 is 11.8 Å². The van der Waals surface area contributed by atoms with E-state index in [1.54, 1.807) is 0 Å². The molecular formula is C20H30N6S. The zero-order valence-electron chi connectivity index (χ0n) is 16.1. The monoisotopic (exact) mass is 386 g/mol. The van der Waals surface area contributed by atoms with E-state index in [9.17, 15) is 0 Å². The molecule has 3 rings (SSSR count). The van der Waals surface area contributed by atoms with Crippen LogP contribution in [0.4, 0.5) is 5.69 Å². The molecule has 7 heteroatoms. The molecule has 1 aromatic carbocycles. The lowest BCUT2D eigenvalue weighted by atomic mass is 10.2. The van der Waals surface area contributed by atoms with Crippen molar-refractivity contribution in [1.29, 1.82) is 0 Å². The van der Waals surface area contributed by atoms with Gasteiger partial charge in [-0.25, -0.2) is 4.99 Å². The van der Waals surface area contributed by atoms with Gasteiger partial charge in [-0.1, -0.05) is 12.1 Å². The number of hydrogen-bond acceptors (Lipinski definition) is 4. The number of benzene rings is 1. The van der Waals surface area contributed by atoms with E-state index in [2.05, 4.69) is 51.8 Å². The van der Waals surface area contributed by atoms with E-state index >= 15 is 0 Å². The Hall–Kier alpha value is -2.15. The van der Waals surface area contributed by atoms with Gasteiger partial charge in [0.2, 0.25) is 0 Å². The van der Waals surface area contributed by atoms with Crippen molar-refractivity contribution in [3.8, 4) is 0 Å². The molecule has 1 fully saturated rings. The lowest BCUT2D eigenvalue weighted by Gasteiger charge is -2.28. The summed E-state index contributed by atoms with van der Waals surface area (Å²) < 4.78 is 1.95. The SMILES string of the molecule is CCNC(=NCc1ccc(N2CCSCC2)cc1)NCCCn1cccn1. The van der Waals surface area contributed by atoms with Crippen molar-refractivity contribution in [2.45, 2.75) is 26.4 Å². The van der Waals surface area contributed by atoms with Crippen LogP contribution in [0.5, 0.6) is 0 Å². The maximum absolute atomic E-state index is 4.72. The first kappa shape index (κ1) is 19.6. The van der Waals surface area contributed by atoms with E-state index in [0.29, 0.717) is 6.54 Å². The van der Waals surface area contributed by atoms with Crippen LogP contribution in [0.3, 0.4) is 0 Å². The summed E-state index contributed by atoms with van der Waals surface area (Å²) in [4.78, 5) is 7.18. The highest BCUT2D eigenvalue weighted by Crippen LogP contribution is 2.20. The first-order valence-corrected chi connectivity index (χ1v) is 10.9. The summed E-state index contributed by atoms with van der Waals surface area (Å²) in [6.07, 6.45) is 4.81. The second-order valence-corrected chi connectivity index (χ2v) is 7.74. The summed E-state index contributed by atoms with van der Waals surface area (Å²) >= 11 is 2.04. The Morgan fingerprint density at radius 3 is 2.70 bits per heavy atom. The Kier molecular flexibility index (Phi) is 7.89. The number of anilines is 1. The lowest BCUT2D eigenvalue weighted by molar-refractivity contribution is 0.570. The molecule has 0 aliphatic carbocycles. The fourth-order valence-corrected chi connectivity index (χ4v) is 3.93. The summed E-state index contributed by atoms with van der Waals surface area (Å²) in [5, 5.41) is 10.9. The highest BCUT2D eigenvalue weighted by molar-refractivity contribution is 7.99. The molecule has 0 unspecified atom stereocenters. The second kappa shape index (κ2) is 10.9. The van der Waals surface area contributed by atoms with Gasteiger partial charge in [0, 0.05) is 62.3 Å². The van der Waals surface area contributed by atoms with Crippen molar-refractivity contribution >= 4 is 23.4 Å². The molecular weight excluding hydrogens is 356 g/mol. The third-order valence-electron chi connectivity index (χ3n) is 4.49. The Morgan fingerprint density at radius 2 is 2.00 bits per heavy atom. The van der Waals surface area contributed by atoms with Crippen LogP contribution in [-0.2, 0) is 13.1 Å². The highest BCUT2D eigenvalue weighted by Gasteiger charge is 2.10. The van der Waals surface area contributed by atoms with E-state index in [-0.39, 0.29) is 0 Å². The third-order valence-corrected chi connectivity index (χ3v) is 5.43. The van der Waals surface area contributed by atoms with Crippen molar-refractivity contribution in [2.75, 3.05) is 42.6 Å². The molecule has 0 radical (unpaired) electrons. The van der Waals surface area contributed by atoms with Crippen LogP contribution in [0, 0.1) is 0 Å². The molecule has 2 N–H and O–H groups in total. The van der Waals surface area contributed by atoms with Crippen molar-refractivity contribution in [3.63, 3.8) is 0 Å². The zero-order chi connectivity index (χ0) is 18.7. The van der Waals surface area contributed by atoms with E-state index in [1.807, 2.05) is 34.9 Å². The molecule has 0 atom stereocenters. The van der Waals surface area contributed by atoms with E-state index in [0.717, 1.165) is 45.1 Å². The van der Waals surface area contributed by atoms with Gasteiger partial charge in [-0.05, 0) is 37.1 Å². The van der Waals surface area contributed by atoms with Crippen LogP contribution in [0.25, 0.3) is 0 Å².